The SMILES string of the molecule is CC1(C)CN(C(=NCC2CCS(=O)(=O)C2)NC2CC2)CCS1.I. The number of guanidine groups is 1. The van der Waals surface area contributed by atoms with Crippen molar-refractivity contribution in [1.82, 2.24) is 10.2 Å². The van der Waals surface area contributed by atoms with E-state index >= 15 is 0 Å². The summed E-state index contributed by atoms with van der Waals surface area (Å²) < 4.78 is 23.4. The number of halogens is 1. The van der Waals surface area contributed by atoms with E-state index in [9.17, 15) is 8.42 Å². The van der Waals surface area contributed by atoms with E-state index in [1.807, 2.05) is 11.8 Å². The highest BCUT2D eigenvalue weighted by molar-refractivity contribution is 14.0. The molecule has 2 aliphatic heterocycles. The van der Waals surface area contributed by atoms with Gasteiger partial charge in [-0.1, -0.05) is 0 Å². The number of rotatable bonds is 3. The summed E-state index contributed by atoms with van der Waals surface area (Å²) in [6, 6.07) is 0.573. The van der Waals surface area contributed by atoms with Crippen LogP contribution in [0.1, 0.15) is 33.1 Å². The van der Waals surface area contributed by atoms with E-state index in [-0.39, 0.29) is 34.6 Å². The zero-order chi connectivity index (χ0) is 15.8. The van der Waals surface area contributed by atoms with Crippen LogP contribution in [0, 0.1) is 5.92 Å². The van der Waals surface area contributed by atoms with Gasteiger partial charge in [0.05, 0.1) is 11.5 Å². The van der Waals surface area contributed by atoms with Crippen LogP contribution in [0.2, 0.25) is 0 Å². The lowest BCUT2D eigenvalue weighted by molar-refractivity contribution is 0.373. The second-order valence-electron chi connectivity index (χ2n) is 7.38. The molecule has 1 aliphatic carbocycles. The second-order valence-corrected chi connectivity index (χ2v) is 11.4. The quantitative estimate of drug-likeness (QED) is 0.386. The summed E-state index contributed by atoms with van der Waals surface area (Å²) >= 11 is 2.02. The van der Waals surface area contributed by atoms with Crippen LogP contribution in [0.25, 0.3) is 0 Å². The monoisotopic (exact) mass is 473 g/mol. The Hall–Kier alpha value is 0.300. The summed E-state index contributed by atoms with van der Waals surface area (Å²) in [5.41, 5.74) is 0. The van der Waals surface area contributed by atoms with Crippen molar-refractivity contribution in [2.75, 3.05) is 36.9 Å². The highest BCUT2D eigenvalue weighted by atomic mass is 127. The van der Waals surface area contributed by atoms with Gasteiger partial charge < -0.3 is 10.2 Å². The Morgan fingerprint density at radius 3 is 2.65 bits per heavy atom. The summed E-state index contributed by atoms with van der Waals surface area (Å²) in [6.07, 6.45) is 3.22. The van der Waals surface area contributed by atoms with Gasteiger partial charge in [-0.15, -0.1) is 24.0 Å². The highest BCUT2D eigenvalue weighted by Crippen LogP contribution is 2.30. The average molecular weight is 473 g/mol. The lowest BCUT2D eigenvalue weighted by Gasteiger charge is -2.39. The molecule has 0 radical (unpaired) electrons. The van der Waals surface area contributed by atoms with Crippen LogP contribution >= 0.6 is 35.7 Å². The Kier molecular flexibility index (Phi) is 6.55. The van der Waals surface area contributed by atoms with E-state index in [0.29, 0.717) is 24.1 Å². The fourth-order valence-corrected chi connectivity index (χ4v) is 6.04. The summed E-state index contributed by atoms with van der Waals surface area (Å²) in [4.78, 5) is 7.16. The molecule has 0 aromatic carbocycles. The van der Waals surface area contributed by atoms with Gasteiger partial charge >= 0.3 is 0 Å². The molecule has 23 heavy (non-hydrogen) atoms. The van der Waals surface area contributed by atoms with E-state index in [0.717, 1.165) is 31.2 Å². The van der Waals surface area contributed by atoms with E-state index < -0.39 is 9.84 Å². The van der Waals surface area contributed by atoms with Crippen molar-refractivity contribution in [3.05, 3.63) is 0 Å². The minimum absolute atomic E-state index is 0. The van der Waals surface area contributed by atoms with Gasteiger partial charge in [-0.2, -0.15) is 11.8 Å². The van der Waals surface area contributed by atoms with Crippen LogP contribution in [-0.4, -0.2) is 67.0 Å². The van der Waals surface area contributed by atoms with E-state index in [4.69, 9.17) is 4.99 Å². The van der Waals surface area contributed by atoms with Crippen LogP contribution in [0.3, 0.4) is 0 Å². The number of aliphatic imine (C=N–C) groups is 1. The zero-order valence-electron chi connectivity index (χ0n) is 14.0. The van der Waals surface area contributed by atoms with Crippen molar-refractivity contribution in [3.63, 3.8) is 0 Å². The zero-order valence-corrected chi connectivity index (χ0v) is 17.9. The van der Waals surface area contributed by atoms with Crippen LogP contribution in [-0.2, 0) is 9.84 Å². The molecule has 8 heteroatoms. The summed E-state index contributed by atoms with van der Waals surface area (Å²) in [7, 11) is -2.80. The number of sulfone groups is 1. The van der Waals surface area contributed by atoms with Gasteiger partial charge in [0.1, 0.15) is 0 Å². The maximum Gasteiger partial charge on any atom is 0.194 e. The standard InChI is InChI=1S/C15H27N3O2S2.HI/c1-15(2)11-18(6-7-21-15)14(17-13-3-4-13)16-9-12-5-8-22(19,20)10-12;/h12-13H,3-11H2,1-2H3,(H,16,17);1H. The smallest absolute Gasteiger partial charge is 0.194 e. The van der Waals surface area contributed by atoms with Crippen LogP contribution in [0.4, 0.5) is 0 Å². The van der Waals surface area contributed by atoms with Crippen molar-refractivity contribution >= 4 is 51.5 Å². The third-order valence-electron chi connectivity index (χ3n) is 4.46. The molecule has 2 heterocycles. The summed E-state index contributed by atoms with van der Waals surface area (Å²) in [6.45, 7) is 7.22. The Balaban J connectivity index is 0.00000192. The highest BCUT2D eigenvalue weighted by Gasteiger charge is 2.32. The van der Waals surface area contributed by atoms with Gasteiger partial charge in [0.25, 0.3) is 0 Å². The van der Waals surface area contributed by atoms with Crippen molar-refractivity contribution in [2.24, 2.45) is 10.9 Å². The number of thioether (sulfide) groups is 1. The van der Waals surface area contributed by atoms with Crippen LogP contribution in [0.5, 0.6) is 0 Å². The number of nitrogens with one attached hydrogen (secondary N) is 1. The van der Waals surface area contributed by atoms with Crippen LogP contribution < -0.4 is 5.32 Å². The number of hydrogen-bond acceptors (Lipinski definition) is 4. The van der Waals surface area contributed by atoms with E-state index in [1.54, 1.807) is 0 Å². The molecule has 0 aromatic rings. The molecule has 0 amide bonds. The largest absolute Gasteiger partial charge is 0.354 e. The van der Waals surface area contributed by atoms with Gasteiger partial charge in [0.15, 0.2) is 15.8 Å². The van der Waals surface area contributed by atoms with Gasteiger partial charge in [-0.25, -0.2) is 8.42 Å². The molecule has 3 rings (SSSR count). The number of nitrogens with zero attached hydrogens (tertiary/aromatic N) is 2. The molecule has 1 saturated carbocycles. The number of hydrogen-bond donors (Lipinski definition) is 1. The lowest BCUT2D eigenvalue weighted by atomic mass is 10.1. The maximum absolute atomic E-state index is 11.6. The van der Waals surface area contributed by atoms with Gasteiger partial charge in [-0.05, 0) is 39.0 Å². The molecule has 3 aliphatic rings. The molecule has 1 unspecified atom stereocenters. The first-order valence-electron chi connectivity index (χ1n) is 8.23. The predicted molar refractivity (Wildman–Crippen MR) is 109 cm³/mol. The first-order chi connectivity index (χ1) is 10.3. The van der Waals surface area contributed by atoms with Crippen LogP contribution in [0.15, 0.2) is 4.99 Å². The second kappa shape index (κ2) is 7.68. The Bertz CT molecular complexity index is 547. The third-order valence-corrected chi connectivity index (χ3v) is 7.60. The topological polar surface area (TPSA) is 61.8 Å². The molecule has 0 spiro atoms. The average Bonchev–Trinajstić information content (AvgIpc) is 3.16. The van der Waals surface area contributed by atoms with Crippen molar-refractivity contribution in [2.45, 2.75) is 43.9 Å². The normalized spacial score (nSPS) is 29.9. The van der Waals surface area contributed by atoms with E-state index in [2.05, 4.69) is 24.1 Å². The van der Waals surface area contributed by atoms with Gasteiger partial charge in [-0.3, -0.25) is 4.99 Å². The van der Waals surface area contributed by atoms with Crippen molar-refractivity contribution in [1.29, 1.82) is 0 Å². The minimum atomic E-state index is -2.80. The Morgan fingerprint density at radius 1 is 1.35 bits per heavy atom. The maximum atomic E-state index is 11.6. The molecule has 134 valence electrons. The molecular weight excluding hydrogens is 445 g/mol. The predicted octanol–water partition coefficient (Wildman–Crippen LogP) is 1.97. The van der Waals surface area contributed by atoms with Gasteiger partial charge in [0, 0.05) is 36.2 Å². The van der Waals surface area contributed by atoms with E-state index in [1.165, 1.54) is 12.8 Å². The Labute approximate surface area is 161 Å². The first kappa shape index (κ1) is 19.6. The summed E-state index contributed by atoms with van der Waals surface area (Å²) in [5.74, 6) is 2.98. The molecular formula is C15H28IN3O2S2. The molecule has 0 bridgehead atoms. The molecule has 5 nitrogen and oxygen atoms in total. The third kappa shape index (κ3) is 5.95. The first-order valence-corrected chi connectivity index (χ1v) is 11.0. The van der Waals surface area contributed by atoms with Gasteiger partial charge in [0.2, 0.25) is 0 Å². The van der Waals surface area contributed by atoms with Crippen molar-refractivity contribution in [3.8, 4) is 0 Å². The lowest BCUT2D eigenvalue weighted by Crippen LogP contribution is -2.51. The molecule has 2 saturated heterocycles. The minimum Gasteiger partial charge on any atom is -0.354 e. The summed E-state index contributed by atoms with van der Waals surface area (Å²) in [5, 5.41) is 3.56. The molecule has 1 N–H and O–H groups in total. The van der Waals surface area contributed by atoms with Crippen molar-refractivity contribution < 1.29 is 8.42 Å². The fraction of sp³-hybridized carbons (Fsp3) is 0.933. The Morgan fingerprint density at radius 2 is 2.09 bits per heavy atom. The fourth-order valence-electron chi connectivity index (χ4n) is 3.08. The molecule has 1 atom stereocenters. The molecule has 3 fully saturated rings. The molecule has 0 aromatic heterocycles.